The van der Waals surface area contributed by atoms with E-state index in [1.54, 1.807) is 17.0 Å². The van der Waals surface area contributed by atoms with Crippen LogP contribution in [0, 0.1) is 5.82 Å². The van der Waals surface area contributed by atoms with E-state index < -0.39 is 6.10 Å². The van der Waals surface area contributed by atoms with E-state index in [1.165, 1.54) is 18.4 Å². The second kappa shape index (κ2) is 6.02. The average Bonchev–Trinajstić information content (AvgIpc) is 3.12. The molecule has 1 aliphatic heterocycles. The van der Waals surface area contributed by atoms with Crippen molar-refractivity contribution in [1.29, 1.82) is 0 Å². The molecule has 6 heteroatoms. The van der Waals surface area contributed by atoms with Crippen LogP contribution < -0.4 is 0 Å². The van der Waals surface area contributed by atoms with Crippen molar-refractivity contribution in [3.63, 3.8) is 0 Å². The van der Waals surface area contributed by atoms with E-state index >= 15 is 0 Å². The second-order valence-electron chi connectivity index (χ2n) is 6.62. The van der Waals surface area contributed by atoms with E-state index in [0.29, 0.717) is 23.8 Å². The zero-order valence-corrected chi connectivity index (χ0v) is 13.2. The van der Waals surface area contributed by atoms with Crippen molar-refractivity contribution in [3.8, 4) is 0 Å². The standard InChI is InChI=1S/C18H19FN2O3/c19-13-6-2-5-12(7-13)16-8-14(22)9-21(16)18(23)15-10-24-17(20-15)11-3-1-4-11/h2,5-7,10-11,14,16,22H,1,3-4,8-9H2. The topological polar surface area (TPSA) is 66.6 Å². The minimum atomic E-state index is -0.625. The SMILES string of the molecule is O=C(c1coc(C2CCC2)n1)N1CC(O)CC1c1cccc(F)c1. The Balaban J connectivity index is 1.58. The highest BCUT2D eigenvalue weighted by atomic mass is 19.1. The van der Waals surface area contributed by atoms with Gasteiger partial charge in [-0.25, -0.2) is 9.37 Å². The van der Waals surface area contributed by atoms with Crippen LogP contribution in [-0.4, -0.2) is 33.5 Å². The quantitative estimate of drug-likeness (QED) is 0.939. The van der Waals surface area contributed by atoms with Gasteiger partial charge in [0.1, 0.15) is 12.1 Å². The molecule has 126 valence electrons. The molecule has 1 aromatic heterocycles. The van der Waals surface area contributed by atoms with Crippen LogP contribution in [0.1, 0.15) is 59.6 Å². The summed E-state index contributed by atoms with van der Waals surface area (Å²) in [6.07, 6.45) is 4.41. The van der Waals surface area contributed by atoms with E-state index in [9.17, 15) is 14.3 Å². The fraction of sp³-hybridized carbons (Fsp3) is 0.444. The van der Waals surface area contributed by atoms with Crippen molar-refractivity contribution in [1.82, 2.24) is 9.88 Å². The van der Waals surface area contributed by atoms with Crippen molar-refractivity contribution in [3.05, 3.63) is 53.5 Å². The molecule has 1 aliphatic carbocycles. The lowest BCUT2D eigenvalue weighted by Crippen LogP contribution is -2.32. The van der Waals surface area contributed by atoms with Crippen molar-refractivity contribution in [2.45, 2.75) is 43.7 Å². The third-order valence-corrected chi connectivity index (χ3v) is 4.97. The Kier molecular flexibility index (Phi) is 3.84. The lowest BCUT2D eigenvalue weighted by molar-refractivity contribution is 0.0709. The van der Waals surface area contributed by atoms with Crippen molar-refractivity contribution in [2.24, 2.45) is 0 Å². The number of aromatic nitrogens is 1. The van der Waals surface area contributed by atoms with Crippen LogP contribution in [0.4, 0.5) is 4.39 Å². The number of benzene rings is 1. The predicted molar refractivity (Wildman–Crippen MR) is 83.9 cm³/mol. The first-order valence-corrected chi connectivity index (χ1v) is 8.32. The number of hydrogen-bond acceptors (Lipinski definition) is 4. The summed E-state index contributed by atoms with van der Waals surface area (Å²) < 4.78 is 19.0. The Labute approximate surface area is 139 Å². The number of halogens is 1. The van der Waals surface area contributed by atoms with Crippen LogP contribution in [0.15, 0.2) is 34.9 Å². The molecule has 2 aromatic rings. The van der Waals surface area contributed by atoms with Crippen LogP contribution >= 0.6 is 0 Å². The molecular formula is C18H19FN2O3. The molecule has 4 rings (SSSR count). The summed E-state index contributed by atoms with van der Waals surface area (Å²) in [5, 5.41) is 10.0. The largest absolute Gasteiger partial charge is 0.448 e. The predicted octanol–water partition coefficient (Wildman–Crippen LogP) is 3.03. The molecule has 5 nitrogen and oxygen atoms in total. The zero-order chi connectivity index (χ0) is 16.7. The summed E-state index contributed by atoms with van der Waals surface area (Å²) in [5.74, 6) is 0.298. The van der Waals surface area contributed by atoms with E-state index in [-0.39, 0.29) is 30.0 Å². The third kappa shape index (κ3) is 2.71. The van der Waals surface area contributed by atoms with E-state index in [1.807, 2.05) is 0 Å². The first-order chi connectivity index (χ1) is 11.6. The van der Waals surface area contributed by atoms with Crippen LogP contribution in [0.5, 0.6) is 0 Å². The smallest absolute Gasteiger partial charge is 0.276 e. The Morgan fingerprint density at radius 1 is 1.38 bits per heavy atom. The summed E-state index contributed by atoms with van der Waals surface area (Å²) in [4.78, 5) is 18.7. The number of carbonyl (C=O) groups excluding carboxylic acids is 1. The number of rotatable bonds is 3. The molecule has 24 heavy (non-hydrogen) atoms. The van der Waals surface area contributed by atoms with Crippen LogP contribution in [0.25, 0.3) is 0 Å². The molecule has 0 bridgehead atoms. The summed E-state index contributed by atoms with van der Waals surface area (Å²) >= 11 is 0. The lowest BCUT2D eigenvalue weighted by Gasteiger charge is -2.24. The molecule has 1 saturated carbocycles. The number of likely N-dealkylation sites (tertiary alicyclic amines) is 1. The Hall–Kier alpha value is -2.21. The minimum absolute atomic E-state index is 0.214. The van der Waals surface area contributed by atoms with Gasteiger partial charge in [-0.1, -0.05) is 18.6 Å². The molecule has 2 unspecified atom stereocenters. The number of nitrogens with zero attached hydrogens (tertiary/aromatic N) is 2. The summed E-state index contributed by atoms with van der Waals surface area (Å²) in [5.41, 5.74) is 0.940. The fourth-order valence-corrected chi connectivity index (χ4v) is 3.44. The summed E-state index contributed by atoms with van der Waals surface area (Å²) in [6.45, 7) is 0.214. The number of oxazole rings is 1. The molecule has 0 spiro atoms. The van der Waals surface area contributed by atoms with Crippen LogP contribution in [0.2, 0.25) is 0 Å². The molecule has 2 aliphatic rings. The van der Waals surface area contributed by atoms with Crippen molar-refractivity contribution < 1.29 is 18.7 Å². The number of aliphatic hydroxyl groups excluding tert-OH is 1. The normalized spacial score (nSPS) is 24.2. The second-order valence-corrected chi connectivity index (χ2v) is 6.62. The molecule has 2 atom stereocenters. The number of carbonyl (C=O) groups is 1. The van der Waals surface area contributed by atoms with Gasteiger partial charge in [0.25, 0.3) is 5.91 Å². The first kappa shape index (κ1) is 15.3. The highest BCUT2D eigenvalue weighted by Gasteiger charge is 2.37. The Morgan fingerprint density at radius 3 is 2.92 bits per heavy atom. The maximum absolute atomic E-state index is 13.5. The number of hydrogen-bond donors (Lipinski definition) is 1. The van der Waals surface area contributed by atoms with Gasteiger partial charge in [0.2, 0.25) is 0 Å². The number of β-amino-alcohol motifs (C(OH)–C–C–N with tert-alkyl or cyclic N) is 1. The maximum Gasteiger partial charge on any atom is 0.276 e. The van der Waals surface area contributed by atoms with Gasteiger partial charge in [-0.05, 0) is 37.0 Å². The van der Waals surface area contributed by atoms with E-state index in [4.69, 9.17) is 4.42 Å². The van der Waals surface area contributed by atoms with Gasteiger partial charge in [0, 0.05) is 12.5 Å². The monoisotopic (exact) mass is 330 g/mol. The molecule has 1 aromatic carbocycles. The molecule has 2 heterocycles. The van der Waals surface area contributed by atoms with Gasteiger partial charge in [0.05, 0.1) is 12.1 Å². The zero-order valence-electron chi connectivity index (χ0n) is 13.2. The summed E-state index contributed by atoms with van der Waals surface area (Å²) in [7, 11) is 0. The lowest BCUT2D eigenvalue weighted by atomic mass is 9.85. The number of aliphatic hydroxyl groups is 1. The fourth-order valence-electron chi connectivity index (χ4n) is 3.44. The molecule has 1 saturated heterocycles. The van der Waals surface area contributed by atoms with Gasteiger partial charge in [-0.15, -0.1) is 0 Å². The highest BCUT2D eigenvalue weighted by molar-refractivity contribution is 5.92. The highest BCUT2D eigenvalue weighted by Crippen LogP contribution is 2.37. The first-order valence-electron chi connectivity index (χ1n) is 8.32. The average molecular weight is 330 g/mol. The van der Waals surface area contributed by atoms with E-state index in [2.05, 4.69) is 4.98 Å². The number of amides is 1. The van der Waals surface area contributed by atoms with E-state index in [0.717, 1.165) is 19.3 Å². The molecule has 0 radical (unpaired) electrons. The maximum atomic E-state index is 13.5. The summed E-state index contributed by atoms with van der Waals surface area (Å²) in [6, 6.07) is 5.80. The van der Waals surface area contributed by atoms with Gasteiger partial charge in [0.15, 0.2) is 11.6 Å². The molecular weight excluding hydrogens is 311 g/mol. The molecule has 2 fully saturated rings. The van der Waals surface area contributed by atoms with Gasteiger partial charge in [-0.2, -0.15) is 0 Å². The van der Waals surface area contributed by atoms with Crippen molar-refractivity contribution in [2.75, 3.05) is 6.54 Å². The Morgan fingerprint density at radius 2 is 2.21 bits per heavy atom. The van der Waals surface area contributed by atoms with Gasteiger partial charge >= 0.3 is 0 Å². The van der Waals surface area contributed by atoms with Crippen molar-refractivity contribution >= 4 is 5.91 Å². The minimum Gasteiger partial charge on any atom is -0.448 e. The molecule has 1 N–H and O–H groups in total. The van der Waals surface area contributed by atoms with Crippen LogP contribution in [0.3, 0.4) is 0 Å². The van der Waals surface area contributed by atoms with Crippen LogP contribution in [-0.2, 0) is 0 Å². The van der Waals surface area contributed by atoms with Gasteiger partial charge < -0.3 is 14.4 Å². The van der Waals surface area contributed by atoms with Gasteiger partial charge in [-0.3, -0.25) is 4.79 Å². The Bertz CT molecular complexity index is 756. The molecule has 1 amide bonds. The third-order valence-electron chi connectivity index (χ3n) is 4.97.